The molecule has 1 aliphatic rings. The molecule has 188 valence electrons. The number of benzene rings is 2. The summed E-state index contributed by atoms with van der Waals surface area (Å²) in [6.45, 7) is 2.16. The number of carbonyl (C=O) groups is 3. The average molecular weight is 484 g/mol. The summed E-state index contributed by atoms with van der Waals surface area (Å²) >= 11 is 0. The minimum atomic E-state index is -1.25. The first-order valence-electron chi connectivity index (χ1n) is 11.5. The number of carboxylic acid groups (broad SMARTS) is 1. The van der Waals surface area contributed by atoms with E-state index in [9.17, 15) is 19.5 Å². The van der Waals surface area contributed by atoms with Crippen LogP contribution >= 0.6 is 0 Å². The molecule has 0 heterocycles. The fourth-order valence-corrected chi connectivity index (χ4v) is 4.21. The smallest absolute Gasteiger partial charge is 0.407 e. The van der Waals surface area contributed by atoms with Crippen molar-refractivity contribution in [1.29, 1.82) is 0 Å². The molecule has 3 unspecified atom stereocenters. The van der Waals surface area contributed by atoms with E-state index < -0.39 is 36.2 Å². The predicted octanol–water partition coefficient (Wildman–Crippen LogP) is 2.45. The van der Waals surface area contributed by atoms with Gasteiger partial charge in [0.1, 0.15) is 12.6 Å². The van der Waals surface area contributed by atoms with Crippen molar-refractivity contribution in [2.45, 2.75) is 37.5 Å². The SMILES string of the molecule is COC(C)C(NC(=O)C(CCN(C)C)NC(=O)OCC1c2ccccc2-c2ccccc21)C(=O)O. The molecular weight excluding hydrogens is 450 g/mol. The van der Waals surface area contributed by atoms with E-state index in [4.69, 9.17) is 9.47 Å². The molecule has 0 fully saturated rings. The Hall–Kier alpha value is -3.43. The summed E-state index contributed by atoms with van der Waals surface area (Å²) in [5.41, 5.74) is 4.40. The highest BCUT2D eigenvalue weighted by Crippen LogP contribution is 2.44. The zero-order valence-corrected chi connectivity index (χ0v) is 20.5. The van der Waals surface area contributed by atoms with Gasteiger partial charge in [0.05, 0.1) is 6.10 Å². The summed E-state index contributed by atoms with van der Waals surface area (Å²) in [5, 5.41) is 14.5. The number of hydrogen-bond acceptors (Lipinski definition) is 6. The van der Waals surface area contributed by atoms with Crippen molar-refractivity contribution < 1.29 is 29.0 Å². The molecule has 0 saturated heterocycles. The molecule has 2 aromatic rings. The van der Waals surface area contributed by atoms with Crippen LogP contribution in [0.25, 0.3) is 11.1 Å². The first kappa shape index (κ1) is 26.2. The molecule has 9 heteroatoms. The van der Waals surface area contributed by atoms with E-state index in [1.54, 1.807) is 6.92 Å². The summed E-state index contributed by atoms with van der Waals surface area (Å²) in [7, 11) is 5.05. The van der Waals surface area contributed by atoms with Crippen LogP contribution in [0.4, 0.5) is 4.79 Å². The molecule has 0 radical (unpaired) electrons. The van der Waals surface area contributed by atoms with E-state index in [1.807, 2.05) is 55.4 Å². The van der Waals surface area contributed by atoms with Gasteiger partial charge < -0.3 is 30.1 Å². The maximum atomic E-state index is 12.9. The van der Waals surface area contributed by atoms with Crippen LogP contribution in [-0.2, 0) is 19.1 Å². The van der Waals surface area contributed by atoms with Crippen LogP contribution in [0.3, 0.4) is 0 Å². The molecule has 0 bridgehead atoms. The van der Waals surface area contributed by atoms with Gasteiger partial charge in [0.2, 0.25) is 5.91 Å². The van der Waals surface area contributed by atoms with Crippen LogP contribution < -0.4 is 10.6 Å². The van der Waals surface area contributed by atoms with Crippen LogP contribution in [0.1, 0.15) is 30.4 Å². The Morgan fingerprint density at radius 1 is 1.00 bits per heavy atom. The van der Waals surface area contributed by atoms with Crippen molar-refractivity contribution >= 4 is 18.0 Å². The highest BCUT2D eigenvalue weighted by molar-refractivity contribution is 5.89. The number of aliphatic carboxylic acids is 1. The zero-order valence-electron chi connectivity index (χ0n) is 20.5. The molecule has 35 heavy (non-hydrogen) atoms. The highest BCUT2D eigenvalue weighted by Gasteiger charge is 2.32. The van der Waals surface area contributed by atoms with Crippen molar-refractivity contribution in [2.75, 3.05) is 34.4 Å². The molecule has 2 amide bonds. The molecule has 2 aromatic carbocycles. The number of hydrogen-bond donors (Lipinski definition) is 3. The topological polar surface area (TPSA) is 117 Å². The van der Waals surface area contributed by atoms with Gasteiger partial charge in [-0.05, 0) is 56.2 Å². The van der Waals surface area contributed by atoms with Crippen molar-refractivity contribution in [3.8, 4) is 11.1 Å². The Bertz CT molecular complexity index is 1010. The van der Waals surface area contributed by atoms with Gasteiger partial charge in [-0.2, -0.15) is 0 Å². The molecule has 0 spiro atoms. The number of nitrogens with one attached hydrogen (secondary N) is 2. The molecule has 3 N–H and O–H groups in total. The summed E-state index contributed by atoms with van der Waals surface area (Å²) in [5.74, 6) is -1.95. The van der Waals surface area contributed by atoms with E-state index in [2.05, 4.69) is 22.8 Å². The van der Waals surface area contributed by atoms with E-state index in [0.717, 1.165) is 22.3 Å². The second-order valence-corrected chi connectivity index (χ2v) is 8.88. The fraction of sp³-hybridized carbons (Fsp3) is 0.423. The molecule has 3 rings (SSSR count). The number of nitrogens with zero attached hydrogens (tertiary/aromatic N) is 1. The van der Waals surface area contributed by atoms with Crippen molar-refractivity contribution in [1.82, 2.24) is 15.5 Å². The normalized spacial score (nSPS) is 15.0. The summed E-state index contributed by atoms with van der Waals surface area (Å²) in [6, 6.07) is 13.8. The van der Waals surface area contributed by atoms with Gasteiger partial charge in [0, 0.05) is 13.0 Å². The van der Waals surface area contributed by atoms with Crippen LogP contribution in [0, 0.1) is 0 Å². The van der Waals surface area contributed by atoms with Crippen molar-refractivity contribution in [2.24, 2.45) is 0 Å². The van der Waals surface area contributed by atoms with Gasteiger partial charge in [0.15, 0.2) is 6.04 Å². The molecule has 0 aromatic heterocycles. The first-order chi connectivity index (χ1) is 16.7. The van der Waals surface area contributed by atoms with Gasteiger partial charge in [0.25, 0.3) is 0 Å². The van der Waals surface area contributed by atoms with Crippen LogP contribution in [0.2, 0.25) is 0 Å². The molecule has 1 aliphatic carbocycles. The Morgan fingerprint density at radius 2 is 1.57 bits per heavy atom. The van der Waals surface area contributed by atoms with Gasteiger partial charge in [-0.15, -0.1) is 0 Å². The maximum absolute atomic E-state index is 12.9. The van der Waals surface area contributed by atoms with Crippen LogP contribution in [0.5, 0.6) is 0 Å². The molecule has 9 nitrogen and oxygen atoms in total. The Labute approximate surface area is 205 Å². The van der Waals surface area contributed by atoms with Gasteiger partial charge in [-0.25, -0.2) is 9.59 Å². The van der Waals surface area contributed by atoms with E-state index in [1.165, 1.54) is 7.11 Å². The van der Waals surface area contributed by atoms with Crippen molar-refractivity contribution in [3.63, 3.8) is 0 Å². The second-order valence-electron chi connectivity index (χ2n) is 8.88. The number of ether oxygens (including phenoxy) is 2. The summed E-state index contributed by atoms with van der Waals surface area (Å²) in [4.78, 5) is 39.1. The first-order valence-corrected chi connectivity index (χ1v) is 11.5. The Kier molecular flexibility index (Phi) is 8.84. The summed E-state index contributed by atoms with van der Waals surface area (Å²) < 4.78 is 10.6. The number of methoxy groups -OCH3 is 1. The third-order valence-corrected chi connectivity index (χ3v) is 6.22. The third kappa shape index (κ3) is 6.37. The Balaban J connectivity index is 1.68. The lowest BCUT2D eigenvalue weighted by Gasteiger charge is -2.25. The molecule has 3 atom stereocenters. The van der Waals surface area contributed by atoms with E-state index in [0.29, 0.717) is 6.54 Å². The van der Waals surface area contributed by atoms with Gasteiger partial charge in [-0.3, -0.25) is 4.79 Å². The van der Waals surface area contributed by atoms with E-state index >= 15 is 0 Å². The molecule has 0 saturated carbocycles. The zero-order chi connectivity index (χ0) is 25.5. The van der Waals surface area contributed by atoms with Gasteiger partial charge in [-0.1, -0.05) is 48.5 Å². The number of amides is 2. The minimum absolute atomic E-state index is 0.110. The molecular formula is C26H33N3O6. The number of fused-ring (bicyclic) bond motifs is 3. The van der Waals surface area contributed by atoms with Gasteiger partial charge >= 0.3 is 12.1 Å². The van der Waals surface area contributed by atoms with E-state index in [-0.39, 0.29) is 18.9 Å². The van der Waals surface area contributed by atoms with Crippen molar-refractivity contribution in [3.05, 3.63) is 59.7 Å². The maximum Gasteiger partial charge on any atom is 0.407 e. The average Bonchev–Trinajstić information content (AvgIpc) is 3.16. The quantitative estimate of drug-likeness (QED) is 0.449. The summed E-state index contributed by atoms with van der Waals surface area (Å²) in [6.07, 6.45) is -1.21. The number of rotatable bonds is 11. The highest BCUT2D eigenvalue weighted by atomic mass is 16.5. The molecule has 0 aliphatic heterocycles. The number of carbonyl (C=O) groups excluding carboxylic acids is 2. The fourth-order valence-electron chi connectivity index (χ4n) is 4.21. The lowest BCUT2D eigenvalue weighted by Crippen LogP contribution is -2.55. The van der Waals surface area contributed by atoms with Crippen LogP contribution in [0.15, 0.2) is 48.5 Å². The predicted molar refractivity (Wildman–Crippen MR) is 131 cm³/mol. The third-order valence-electron chi connectivity index (χ3n) is 6.22. The lowest BCUT2D eigenvalue weighted by atomic mass is 9.98. The Morgan fingerprint density at radius 3 is 2.09 bits per heavy atom. The standard InChI is InChI=1S/C26H33N3O6/c1-16(34-4)23(25(31)32)28-24(30)22(13-14-29(2)3)27-26(33)35-15-21-19-11-7-5-9-17(19)18-10-6-8-12-20(18)21/h5-12,16,21-23H,13-15H2,1-4H3,(H,27,33)(H,28,30)(H,31,32). The monoisotopic (exact) mass is 483 g/mol. The lowest BCUT2D eigenvalue weighted by molar-refractivity contribution is -0.145. The second kappa shape index (κ2) is 11.8. The number of alkyl carbamates (subject to hydrolysis) is 1. The largest absolute Gasteiger partial charge is 0.480 e. The van der Waals surface area contributed by atoms with Crippen LogP contribution in [-0.4, -0.2) is 80.5 Å². The number of carboxylic acids is 1. The minimum Gasteiger partial charge on any atom is -0.480 e.